The molecule has 0 fully saturated rings. The van der Waals surface area contributed by atoms with Crippen molar-refractivity contribution in [1.29, 1.82) is 0 Å². The Hall–Kier alpha value is -2.27. The highest BCUT2D eigenvalue weighted by molar-refractivity contribution is 7.14. The Kier molecular flexibility index (Phi) is 4.20. The first-order chi connectivity index (χ1) is 9.15. The van der Waals surface area contributed by atoms with E-state index in [1.54, 1.807) is 11.5 Å². The van der Waals surface area contributed by atoms with Gasteiger partial charge in [-0.05, 0) is 11.6 Å². The van der Waals surface area contributed by atoms with E-state index in [0.717, 1.165) is 5.56 Å². The summed E-state index contributed by atoms with van der Waals surface area (Å²) in [5, 5.41) is 4.66. The summed E-state index contributed by atoms with van der Waals surface area (Å²) in [7, 11) is 0. The van der Waals surface area contributed by atoms with Crippen molar-refractivity contribution in [3.8, 4) is 0 Å². The van der Waals surface area contributed by atoms with Crippen LogP contribution < -0.4 is 5.32 Å². The molecule has 0 aliphatic rings. The van der Waals surface area contributed by atoms with E-state index in [1.165, 1.54) is 24.3 Å². The molecule has 1 aromatic heterocycles. The van der Waals surface area contributed by atoms with Gasteiger partial charge in [0.2, 0.25) is 5.91 Å². The minimum absolute atomic E-state index is 0.114. The molecule has 1 heterocycles. The Morgan fingerprint density at radius 3 is 2.63 bits per heavy atom. The monoisotopic (exact) mass is 272 g/mol. The van der Waals surface area contributed by atoms with Gasteiger partial charge in [-0.3, -0.25) is 14.9 Å². The Labute approximate surface area is 114 Å². The molecule has 0 spiro atoms. The second-order valence-electron chi connectivity index (χ2n) is 3.83. The first kappa shape index (κ1) is 13.2. The molecule has 4 nitrogen and oxygen atoms in total. The third-order valence-electron chi connectivity index (χ3n) is 2.32. The van der Waals surface area contributed by atoms with E-state index in [2.05, 4.69) is 10.3 Å². The molecule has 0 aliphatic heterocycles. The van der Waals surface area contributed by atoms with Crippen molar-refractivity contribution < 1.29 is 9.59 Å². The van der Waals surface area contributed by atoms with Gasteiger partial charge >= 0.3 is 0 Å². The van der Waals surface area contributed by atoms with Crippen molar-refractivity contribution in [2.24, 2.45) is 0 Å². The number of amides is 1. The van der Waals surface area contributed by atoms with Crippen LogP contribution in [0.4, 0.5) is 5.13 Å². The molecular formula is C14H12N2O2S. The molecule has 0 atom stereocenters. The SMILES string of the molecule is CC(=O)c1csc(NC(=O)/C=C/c2ccccc2)n1. The molecule has 0 aliphatic carbocycles. The number of carbonyl (C=O) groups is 2. The fraction of sp³-hybridized carbons (Fsp3) is 0.0714. The van der Waals surface area contributed by atoms with Gasteiger partial charge in [0.15, 0.2) is 10.9 Å². The summed E-state index contributed by atoms with van der Waals surface area (Å²) in [6.45, 7) is 1.44. The quantitative estimate of drug-likeness (QED) is 0.687. The van der Waals surface area contributed by atoms with Gasteiger partial charge < -0.3 is 0 Å². The normalized spacial score (nSPS) is 10.6. The second kappa shape index (κ2) is 6.06. The smallest absolute Gasteiger partial charge is 0.250 e. The van der Waals surface area contributed by atoms with E-state index in [0.29, 0.717) is 10.8 Å². The standard InChI is InChI=1S/C14H12N2O2S/c1-10(17)12-9-19-14(15-12)16-13(18)8-7-11-5-3-2-4-6-11/h2-9H,1H3,(H,15,16,18)/b8-7+. The maximum atomic E-state index is 11.6. The molecule has 2 rings (SSSR count). The topological polar surface area (TPSA) is 59.1 Å². The number of anilines is 1. The molecular weight excluding hydrogens is 260 g/mol. The average molecular weight is 272 g/mol. The predicted molar refractivity (Wildman–Crippen MR) is 76.2 cm³/mol. The summed E-state index contributed by atoms with van der Waals surface area (Å²) < 4.78 is 0. The van der Waals surface area contributed by atoms with Crippen LogP contribution in [0.1, 0.15) is 23.0 Å². The second-order valence-corrected chi connectivity index (χ2v) is 4.69. The van der Waals surface area contributed by atoms with Gasteiger partial charge in [0.1, 0.15) is 5.69 Å². The van der Waals surface area contributed by atoms with Gasteiger partial charge in [-0.2, -0.15) is 0 Å². The number of hydrogen-bond donors (Lipinski definition) is 1. The van der Waals surface area contributed by atoms with Crippen LogP contribution in [0.15, 0.2) is 41.8 Å². The largest absolute Gasteiger partial charge is 0.298 e. The summed E-state index contributed by atoms with van der Waals surface area (Å²) in [4.78, 5) is 26.7. The Bertz CT molecular complexity index is 617. The highest BCUT2D eigenvalue weighted by Crippen LogP contribution is 2.15. The van der Waals surface area contributed by atoms with Crippen molar-refractivity contribution in [1.82, 2.24) is 4.98 Å². The predicted octanol–water partition coefficient (Wildman–Crippen LogP) is 3.00. The van der Waals surface area contributed by atoms with E-state index < -0.39 is 0 Å². The first-order valence-electron chi connectivity index (χ1n) is 5.66. The van der Waals surface area contributed by atoms with E-state index in [4.69, 9.17) is 0 Å². The van der Waals surface area contributed by atoms with Gasteiger partial charge in [-0.1, -0.05) is 30.3 Å². The Morgan fingerprint density at radius 1 is 1.26 bits per heavy atom. The number of nitrogens with zero attached hydrogens (tertiary/aromatic N) is 1. The van der Waals surface area contributed by atoms with Crippen LogP contribution in [-0.4, -0.2) is 16.7 Å². The van der Waals surface area contributed by atoms with Crippen molar-refractivity contribution in [3.05, 3.63) is 53.0 Å². The zero-order valence-electron chi connectivity index (χ0n) is 10.3. The zero-order valence-corrected chi connectivity index (χ0v) is 11.1. The minimum Gasteiger partial charge on any atom is -0.298 e. The van der Waals surface area contributed by atoms with Crippen LogP contribution in [-0.2, 0) is 4.79 Å². The average Bonchev–Trinajstić information content (AvgIpc) is 2.86. The molecule has 0 saturated heterocycles. The van der Waals surface area contributed by atoms with Crippen LogP contribution in [0.2, 0.25) is 0 Å². The number of ketones is 1. The number of aromatic nitrogens is 1. The van der Waals surface area contributed by atoms with Crippen molar-refractivity contribution in [3.63, 3.8) is 0 Å². The van der Waals surface area contributed by atoms with E-state index in [1.807, 2.05) is 30.3 Å². The van der Waals surface area contributed by atoms with Gasteiger partial charge in [-0.15, -0.1) is 11.3 Å². The van der Waals surface area contributed by atoms with E-state index in [-0.39, 0.29) is 11.7 Å². The summed E-state index contributed by atoms with van der Waals surface area (Å²) in [6, 6.07) is 9.52. The number of Topliss-reactive ketones (excluding diaryl/α,β-unsaturated/α-hetero) is 1. The number of carbonyl (C=O) groups excluding carboxylic acids is 2. The van der Waals surface area contributed by atoms with E-state index in [9.17, 15) is 9.59 Å². The maximum absolute atomic E-state index is 11.6. The molecule has 2 aromatic rings. The highest BCUT2D eigenvalue weighted by Gasteiger charge is 2.07. The van der Waals surface area contributed by atoms with Crippen LogP contribution in [0.3, 0.4) is 0 Å². The molecule has 5 heteroatoms. The lowest BCUT2D eigenvalue weighted by Gasteiger charge is -1.95. The fourth-order valence-electron chi connectivity index (χ4n) is 1.38. The number of hydrogen-bond acceptors (Lipinski definition) is 4. The van der Waals surface area contributed by atoms with Gasteiger partial charge in [-0.25, -0.2) is 4.98 Å². The van der Waals surface area contributed by atoms with Crippen LogP contribution >= 0.6 is 11.3 Å². The molecule has 0 radical (unpaired) electrons. The molecule has 96 valence electrons. The van der Waals surface area contributed by atoms with E-state index >= 15 is 0 Å². The highest BCUT2D eigenvalue weighted by atomic mass is 32.1. The Morgan fingerprint density at radius 2 is 2.00 bits per heavy atom. The summed E-state index contributed by atoms with van der Waals surface area (Å²) in [5.74, 6) is -0.384. The Balaban J connectivity index is 1.97. The van der Waals surface area contributed by atoms with Gasteiger partial charge in [0, 0.05) is 18.4 Å². The van der Waals surface area contributed by atoms with Gasteiger partial charge in [0.05, 0.1) is 0 Å². The van der Waals surface area contributed by atoms with Crippen LogP contribution in [0, 0.1) is 0 Å². The molecule has 0 bridgehead atoms. The molecule has 0 saturated carbocycles. The first-order valence-corrected chi connectivity index (χ1v) is 6.53. The zero-order chi connectivity index (χ0) is 13.7. The maximum Gasteiger partial charge on any atom is 0.250 e. The van der Waals surface area contributed by atoms with Crippen LogP contribution in [0.25, 0.3) is 6.08 Å². The summed E-state index contributed by atoms with van der Waals surface area (Å²) in [5.41, 5.74) is 1.31. The number of thiazole rings is 1. The minimum atomic E-state index is -0.270. The number of rotatable bonds is 4. The lowest BCUT2D eigenvalue weighted by atomic mass is 10.2. The fourth-order valence-corrected chi connectivity index (χ4v) is 2.13. The molecule has 0 unspecified atom stereocenters. The molecule has 1 amide bonds. The number of benzene rings is 1. The third-order valence-corrected chi connectivity index (χ3v) is 3.08. The third kappa shape index (κ3) is 3.86. The lowest BCUT2D eigenvalue weighted by molar-refractivity contribution is -0.111. The van der Waals surface area contributed by atoms with Crippen LogP contribution in [0.5, 0.6) is 0 Å². The van der Waals surface area contributed by atoms with Crippen molar-refractivity contribution >= 4 is 34.2 Å². The molecule has 19 heavy (non-hydrogen) atoms. The van der Waals surface area contributed by atoms with Gasteiger partial charge in [0.25, 0.3) is 0 Å². The summed E-state index contributed by atoms with van der Waals surface area (Å²) in [6.07, 6.45) is 3.15. The number of nitrogens with one attached hydrogen (secondary N) is 1. The van der Waals surface area contributed by atoms with Crippen molar-refractivity contribution in [2.45, 2.75) is 6.92 Å². The molecule has 1 aromatic carbocycles. The van der Waals surface area contributed by atoms with Crippen molar-refractivity contribution in [2.75, 3.05) is 5.32 Å². The molecule has 1 N–H and O–H groups in total. The summed E-state index contributed by atoms with van der Waals surface area (Å²) >= 11 is 1.23. The lowest BCUT2D eigenvalue weighted by Crippen LogP contribution is -2.07.